The zero-order valence-electron chi connectivity index (χ0n) is 16.3. The van der Waals surface area contributed by atoms with Crippen molar-refractivity contribution in [3.63, 3.8) is 0 Å². The largest absolute Gasteiger partial charge is 0.475 e. The Balaban J connectivity index is 1.39. The van der Waals surface area contributed by atoms with Crippen molar-refractivity contribution in [1.82, 2.24) is 25.1 Å². The number of benzene rings is 2. The van der Waals surface area contributed by atoms with Gasteiger partial charge in [0.15, 0.2) is 11.5 Å². The average Bonchev–Trinajstić information content (AvgIpc) is 3.19. The highest BCUT2D eigenvalue weighted by molar-refractivity contribution is 5.94. The van der Waals surface area contributed by atoms with Crippen LogP contribution in [0.15, 0.2) is 60.7 Å². The first-order chi connectivity index (χ1) is 15.3. The van der Waals surface area contributed by atoms with Crippen LogP contribution in [0.1, 0.15) is 15.9 Å². The molecule has 2 aromatic carbocycles. The van der Waals surface area contributed by atoms with E-state index in [4.69, 9.17) is 4.74 Å². The Morgan fingerprint density at radius 2 is 1.84 bits per heavy atom. The van der Waals surface area contributed by atoms with Gasteiger partial charge < -0.3 is 10.1 Å². The second-order valence-electron chi connectivity index (χ2n) is 6.66. The average molecular weight is 445 g/mol. The number of aromatic nitrogens is 4. The molecule has 7 nitrogen and oxygen atoms in total. The molecule has 0 unspecified atom stereocenters. The van der Waals surface area contributed by atoms with Crippen molar-refractivity contribution in [2.24, 2.45) is 0 Å². The van der Waals surface area contributed by atoms with Crippen molar-refractivity contribution in [3.05, 3.63) is 77.6 Å². The van der Waals surface area contributed by atoms with Gasteiger partial charge in [-0.15, -0.1) is 15.3 Å². The monoisotopic (exact) mass is 445 g/mol. The number of alkyl halides is 3. The summed E-state index contributed by atoms with van der Waals surface area (Å²) in [5.41, 5.74) is -0.101. The number of hydrogen-bond donors (Lipinski definition) is 1. The molecular weight excluding hydrogens is 430 g/mol. The van der Waals surface area contributed by atoms with Crippen LogP contribution < -0.4 is 10.1 Å². The van der Waals surface area contributed by atoms with Crippen LogP contribution in [0.2, 0.25) is 0 Å². The van der Waals surface area contributed by atoms with Crippen LogP contribution in [0, 0.1) is 5.82 Å². The number of rotatable bonds is 6. The molecule has 0 fully saturated rings. The van der Waals surface area contributed by atoms with Gasteiger partial charge in [0, 0.05) is 17.2 Å². The molecule has 0 spiro atoms. The molecule has 0 atom stereocenters. The summed E-state index contributed by atoms with van der Waals surface area (Å²) in [5, 5.41) is 14.8. The third kappa shape index (κ3) is 4.66. The Morgan fingerprint density at radius 3 is 2.62 bits per heavy atom. The van der Waals surface area contributed by atoms with Crippen LogP contribution in [-0.2, 0) is 6.18 Å². The molecular formula is C21H15F4N5O2. The normalized spacial score (nSPS) is 11.5. The maximum absolute atomic E-state index is 13.5. The predicted molar refractivity (Wildman–Crippen MR) is 105 cm³/mol. The zero-order valence-corrected chi connectivity index (χ0v) is 16.3. The number of hydrogen-bond acceptors (Lipinski definition) is 5. The van der Waals surface area contributed by atoms with E-state index >= 15 is 0 Å². The molecule has 0 aliphatic rings. The van der Waals surface area contributed by atoms with E-state index in [1.165, 1.54) is 28.8 Å². The Kier molecular flexibility index (Phi) is 5.71. The number of carbonyl (C=O) groups excluding carboxylic acids is 1. The van der Waals surface area contributed by atoms with Crippen molar-refractivity contribution in [2.45, 2.75) is 6.18 Å². The van der Waals surface area contributed by atoms with E-state index in [2.05, 4.69) is 20.6 Å². The summed E-state index contributed by atoms with van der Waals surface area (Å²) in [7, 11) is 0. The molecule has 0 aliphatic heterocycles. The van der Waals surface area contributed by atoms with E-state index in [1.54, 1.807) is 24.3 Å². The van der Waals surface area contributed by atoms with E-state index < -0.39 is 23.5 Å². The quantitative estimate of drug-likeness (QED) is 0.361. The summed E-state index contributed by atoms with van der Waals surface area (Å²) in [4.78, 5) is 12.1. The van der Waals surface area contributed by atoms with Gasteiger partial charge in [-0.3, -0.25) is 4.79 Å². The van der Waals surface area contributed by atoms with Crippen molar-refractivity contribution in [1.29, 1.82) is 0 Å². The van der Waals surface area contributed by atoms with Crippen LogP contribution in [0.3, 0.4) is 0 Å². The lowest BCUT2D eigenvalue weighted by Gasteiger charge is -2.10. The zero-order chi connectivity index (χ0) is 22.7. The molecule has 2 heterocycles. The van der Waals surface area contributed by atoms with Crippen LogP contribution in [-0.4, -0.2) is 38.9 Å². The minimum Gasteiger partial charge on any atom is -0.475 e. The van der Waals surface area contributed by atoms with E-state index in [9.17, 15) is 22.4 Å². The molecule has 4 aromatic rings. The fourth-order valence-electron chi connectivity index (χ4n) is 2.92. The Morgan fingerprint density at radius 1 is 1.03 bits per heavy atom. The molecule has 2 aromatic heterocycles. The smallest absolute Gasteiger partial charge is 0.416 e. The van der Waals surface area contributed by atoms with E-state index in [0.717, 1.165) is 12.1 Å². The van der Waals surface area contributed by atoms with Crippen molar-refractivity contribution in [2.75, 3.05) is 13.2 Å². The van der Waals surface area contributed by atoms with E-state index in [1.807, 2.05) is 0 Å². The molecule has 32 heavy (non-hydrogen) atoms. The van der Waals surface area contributed by atoms with Gasteiger partial charge in [-0.1, -0.05) is 18.2 Å². The number of carbonyl (C=O) groups is 1. The number of fused-ring (bicyclic) bond motifs is 1. The molecule has 0 aliphatic carbocycles. The lowest BCUT2D eigenvalue weighted by molar-refractivity contribution is -0.137. The van der Waals surface area contributed by atoms with E-state index in [0.29, 0.717) is 17.0 Å². The van der Waals surface area contributed by atoms with Gasteiger partial charge in [0.05, 0.1) is 12.1 Å². The number of amides is 1. The molecule has 1 amide bonds. The predicted octanol–water partition coefficient (Wildman–Crippen LogP) is 3.76. The molecule has 1 N–H and O–H groups in total. The van der Waals surface area contributed by atoms with Crippen LogP contribution in [0.4, 0.5) is 17.6 Å². The fraction of sp³-hybridized carbons (Fsp3) is 0.143. The molecule has 0 radical (unpaired) electrons. The Hall–Kier alpha value is -4.02. The van der Waals surface area contributed by atoms with Gasteiger partial charge in [0.2, 0.25) is 5.88 Å². The summed E-state index contributed by atoms with van der Waals surface area (Å²) in [6, 6.07) is 13.1. The van der Waals surface area contributed by atoms with Crippen LogP contribution in [0.5, 0.6) is 5.88 Å². The van der Waals surface area contributed by atoms with Gasteiger partial charge in [-0.05, 0) is 36.4 Å². The van der Waals surface area contributed by atoms with Crippen molar-refractivity contribution < 1.29 is 27.1 Å². The molecule has 4 rings (SSSR count). The molecule has 164 valence electrons. The molecule has 0 saturated carbocycles. The maximum atomic E-state index is 13.5. The summed E-state index contributed by atoms with van der Waals surface area (Å²) < 4.78 is 58.8. The second kappa shape index (κ2) is 8.61. The number of ether oxygens (including phenoxy) is 1. The highest BCUT2D eigenvalue weighted by Gasteiger charge is 2.30. The molecule has 11 heteroatoms. The van der Waals surface area contributed by atoms with E-state index in [-0.39, 0.29) is 24.6 Å². The first-order valence-electron chi connectivity index (χ1n) is 9.38. The first-order valence-corrected chi connectivity index (χ1v) is 9.38. The van der Waals surface area contributed by atoms with Crippen molar-refractivity contribution in [3.8, 4) is 17.3 Å². The lowest BCUT2D eigenvalue weighted by Crippen LogP contribution is -2.28. The SMILES string of the molecule is O=C(NCCOc1ccc2nnc(-c3cccc(F)c3)n2n1)c1cccc(C(F)(F)F)c1. The molecule has 0 saturated heterocycles. The highest BCUT2D eigenvalue weighted by Crippen LogP contribution is 2.29. The maximum Gasteiger partial charge on any atom is 0.416 e. The fourth-order valence-corrected chi connectivity index (χ4v) is 2.92. The Bertz CT molecular complexity index is 1270. The van der Waals surface area contributed by atoms with Gasteiger partial charge >= 0.3 is 6.18 Å². The second-order valence-corrected chi connectivity index (χ2v) is 6.66. The first kappa shape index (κ1) is 21.2. The summed E-state index contributed by atoms with van der Waals surface area (Å²) in [5.74, 6) is -0.565. The number of halogens is 4. The van der Waals surface area contributed by atoms with Crippen molar-refractivity contribution >= 4 is 11.6 Å². The van der Waals surface area contributed by atoms with Crippen LogP contribution in [0.25, 0.3) is 17.0 Å². The topological polar surface area (TPSA) is 81.4 Å². The van der Waals surface area contributed by atoms with Gasteiger partial charge in [0.1, 0.15) is 12.4 Å². The number of nitrogens with zero attached hydrogens (tertiary/aromatic N) is 4. The summed E-state index contributed by atoms with van der Waals surface area (Å²) in [6.07, 6.45) is -4.53. The Labute approximate surface area is 178 Å². The minimum absolute atomic E-state index is 0.0145. The standard InChI is InChI=1S/C21H15F4N5O2/c22-16-6-2-3-13(12-16)19-28-27-17-7-8-18(29-30(17)19)32-10-9-26-20(31)14-4-1-5-15(11-14)21(23,24)25/h1-8,11-12H,9-10H2,(H,26,31). The third-order valence-electron chi connectivity index (χ3n) is 4.41. The minimum atomic E-state index is -4.53. The molecule has 0 bridgehead atoms. The summed E-state index contributed by atoms with van der Waals surface area (Å²) >= 11 is 0. The van der Waals surface area contributed by atoms with Gasteiger partial charge in [0.25, 0.3) is 5.91 Å². The van der Waals surface area contributed by atoms with Crippen LogP contribution >= 0.6 is 0 Å². The lowest BCUT2D eigenvalue weighted by atomic mass is 10.1. The van der Waals surface area contributed by atoms with Gasteiger partial charge in [-0.2, -0.15) is 17.7 Å². The van der Waals surface area contributed by atoms with Gasteiger partial charge in [-0.25, -0.2) is 4.39 Å². The highest BCUT2D eigenvalue weighted by atomic mass is 19.4. The third-order valence-corrected chi connectivity index (χ3v) is 4.41. The summed E-state index contributed by atoms with van der Waals surface area (Å²) in [6.45, 7) is 0.0500. The number of nitrogens with one attached hydrogen (secondary N) is 1.